The van der Waals surface area contributed by atoms with Gasteiger partial charge in [-0.15, -0.1) is 0 Å². The molecular formula is C18H16ClNO. The van der Waals surface area contributed by atoms with E-state index in [-0.39, 0.29) is 5.91 Å². The fraction of sp³-hybridized carbons (Fsp3) is 0.167. The Morgan fingerprint density at radius 1 is 1.05 bits per heavy atom. The van der Waals surface area contributed by atoms with Gasteiger partial charge in [-0.05, 0) is 54.3 Å². The van der Waals surface area contributed by atoms with Gasteiger partial charge in [-0.3, -0.25) is 9.69 Å². The van der Waals surface area contributed by atoms with Gasteiger partial charge >= 0.3 is 0 Å². The van der Waals surface area contributed by atoms with Crippen molar-refractivity contribution in [2.24, 2.45) is 0 Å². The summed E-state index contributed by atoms with van der Waals surface area (Å²) in [6, 6.07) is 15.7. The van der Waals surface area contributed by atoms with E-state index in [0.29, 0.717) is 11.4 Å². The van der Waals surface area contributed by atoms with Crippen LogP contribution >= 0.6 is 11.6 Å². The number of nitrogens with zero attached hydrogens (tertiary/aromatic N) is 1. The number of carbonyl (C=O) groups is 1. The second kappa shape index (κ2) is 5.74. The maximum atomic E-state index is 12.2. The van der Waals surface area contributed by atoms with Crippen molar-refractivity contribution in [1.29, 1.82) is 0 Å². The van der Waals surface area contributed by atoms with Gasteiger partial charge < -0.3 is 0 Å². The summed E-state index contributed by atoms with van der Waals surface area (Å²) in [6.45, 7) is 2.03. The highest BCUT2D eigenvalue weighted by Gasteiger charge is 2.21. The third-order valence-electron chi connectivity index (χ3n) is 3.64. The van der Waals surface area contributed by atoms with Crippen LogP contribution < -0.4 is 4.90 Å². The number of hydrogen-bond acceptors (Lipinski definition) is 1. The quantitative estimate of drug-likeness (QED) is 0.778. The normalized spacial score (nSPS) is 15.0. The molecule has 106 valence electrons. The number of hydrogen-bond donors (Lipinski definition) is 0. The van der Waals surface area contributed by atoms with Gasteiger partial charge in [0.05, 0.1) is 0 Å². The molecule has 0 spiro atoms. The summed E-state index contributed by atoms with van der Waals surface area (Å²) in [5.74, 6) is 0.131. The van der Waals surface area contributed by atoms with Gasteiger partial charge in [-0.25, -0.2) is 0 Å². The Morgan fingerprint density at radius 3 is 2.62 bits per heavy atom. The highest BCUT2D eigenvalue weighted by Crippen LogP contribution is 2.30. The largest absolute Gasteiger partial charge is 0.288 e. The Hall–Kier alpha value is -2.06. The second-order valence-corrected chi connectivity index (χ2v) is 5.70. The molecule has 0 saturated carbocycles. The number of amides is 1. The van der Waals surface area contributed by atoms with E-state index in [9.17, 15) is 4.79 Å². The van der Waals surface area contributed by atoms with Crippen LogP contribution in [-0.2, 0) is 4.79 Å². The maximum absolute atomic E-state index is 12.2. The molecule has 2 nitrogen and oxygen atoms in total. The van der Waals surface area contributed by atoms with Gasteiger partial charge in [0.15, 0.2) is 0 Å². The lowest BCUT2D eigenvalue weighted by Gasteiger charge is -2.25. The maximum Gasteiger partial charge on any atom is 0.231 e. The number of aryl methyl sites for hydroxylation is 1. The standard InChI is InChI=1S/C18H16ClNO/c1-13-4-2-7-17(10-13)20-12-15(8-9-18(20)21)14-5-3-6-16(19)11-14/h2-7,10-12H,8-9H2,1H3. The highest BCUT2D eigenvalue weighted by molar-refractivity contribution is 6.30. The summed E-state index contributed by atoms with van der Waals surface area (Å²) in [5, 5.41) is 0.715. The number of halogens is 1. The Morgan fingerprint density at radius 2 is 1.86 bits per heavy atom. The second-order valence-electron chi connectivity index (χ2n) is 5.27. The molecule has 1 aliphatic heterocycles. The molecule has 0 aromatic heterocycles. The van der Waals surface area contributed by atoms with Crippen LogP contribution in [0.15, 0.2) is 54.7 Å². The smallest absolute Gasteiger partial charge is 0.231 e. The molecule has 2 aromatic carbocycles. The molecule has 3 heteroatoms. The van der Waals surface area contributed by atoms with Crippen molar-refractivity contribution in [3.05, 3.63) is 70.9 Å². The molecule has 1 aliphatic rings. The summed E-state index contributed by atoms with van der Waals surface area (Å²) < 4.78 is 0. The van der Waals surface area contributed by atoms with Crippen LogP contribution in [0.5, 0.6) is 0 Å². The summed E-state index contributed by atoms with van der Waals surface area (Å²) in [4.78, 5) is 13.9. The Kier molecular flexibility index (Phi) is 3.80. The van der Waals surface area contributed by atoms with E-state index >= 15 is 0 Å². The zero-order chi connectivity index (χ0) is 14.8. The third kappa shape index (κ3) is 3.01. The van der Waals surface area contributed by atoms with Crippen LogP contribution in [0.2, 0.25) is 5.02 Å². The molecule has 3 rings (SSSR count). The molecule has 1 heterocycles. The molecule has 1 amide bonds. The molecule has 0 aliphatic carbocycles. The lowest BCUT2D eigenvalue weighted by molar-refractivity contribution is -0.118. The molecule has 0 atom stereocenters. The number of benzene rings is 2. The van der Waals surface area contributed by atoms with Crippen molar-refractivity contribution in [3.63, 3.8) is 0 Å². The van der Waals surface area contributed by atoms with E-state index < -0.39 is 0 Å². The number of carbonyl (C=O) groups excluding carboxylic acids is 1. The van der Waals surface area contributed by atoms with Crippen molar-refractivity contribution < 1.29 is 4.79 Å². The van der Waals surface area contributed by atoms with Crippen molar-refractivity contribution in [3.8, 4) is 0 Å². The van der Waals surface area contributed by atoms with Gasteiger partial charge in [0.2, 0.25) is 5.91 Å². The first-order valence-electron chi connectivity index (χ1n) is 6.99. The van der Waals surface area contributed by atoms with Crippen LogP contribution in [0.3, 0.4) is 0 Å². The Labute approximate surface area is 129 Å². The van der Waals surface area contributed by atoms with E-state index in [1.807, 2.05) is 61.7 Å². The van der Waals surface area contributed by atoms with E-state index in [1.165, 1.54) is 0 Å². The Bertz CT molecular complexity index is 721. The van der Waals surface area contributed by atoms with Gasteiger partial charge in [0, 0.05) is 23.3 Å². The lowest BCUT2D eigenvalue weighted by atomic mass is 9.98. The SMILES string of the molecule is Cc1cccc(N2C=C(c3cccc(Cl)c3)CCC2=O)c1. The highest BCUT2D eigenvalue weighted by atomic mass is 35.5. The van der Waals surface area contributed by atoms with Crippen LogP contribution in [0.25, 0.3) is 5.57 Å². The lowest BCUT2D eigenvalue weighted by Crippen LogP contribution is -2.28. The fourth-order valence-corrected chi connectivity index (χ4v) is 2.75. The first-order valence-corrected chi connectivity index (χ1v) is 7.36. The summed E-state index contributed by atoms with van der Waals surface area (Å²) in [5.41, 5.74) is 4.27. The molecule has 0 N–H and O–H groups in total. The van der Waals surface area contributed by atoms with E-state index in [0.717, 1.165) is 28.8 Å². The molecule has 0 radical (unpaired) electrons. The van der Waals surface area contributed by atoms with Crippen molar-refractivity contribution >= 4 is 28.8 Å². The first kappa shape index (κ1) is 13.9. The van der Waals surface area contributed by atoms with Crippen LogP contribution in [0.4, 0.5) is 5.69 Å². The predicted octanol–water partition coefficient (Wildman–Crippen LogP) is 4.82. The van der Waals surface area contributed by atoms with Crippen LogP contribution in [-0.4, -0.2) is 5.91 Å². The average Bonchev–Trinajstić information content (AvgIpc) is 2.47. The molecule has 0 bridgehead atoms. The number of anilines is 1. The van der Waals surface area contributed by atoms with Gasteiger partial charge in [0.25, 0.3) is 0 Å². The predicted molar refractivity (Wildman–Crippen MR) is 87.3 cm³/mol. The monoisotopic (exact) mass is 297 g/mol. The zero-order valence-corrected chi connectivity index (χ0v) is 12.6. The molecule has 2 aromatic rings. The molecule has 0 fully saturated rings. The minimum absolute atomic E-state index is 0.131. The van der Waals surface area contributed by atoms with Crippen LogP contribution in [0.1, 0.15) is 24.0 Å². The van der Waals surface area contributed by atoms with Crippen LogP contribution in [0, 0.1) is 6.92 Å². The number of rotatable bonds is 2. The van der Waals surface area contributed by atoms with E-state index in [2.05, 4.69) is 0 Å². The van der Waals surface area contributed by atoms with Gasteiger partial charge in [0.1, 0.15) is 0 Å². The van der Waals surface area contributed by atoms with Gasteiger partial charge in [-0.1, -0.05) is 35.9 Å². The minimum Gasteiger partial charge on any atom is -0.288 e. The minimum atomic E-state index is 0.131. The summed E-state index contributed by atoms with van der Waals surface area (Å²) in [7, 11) is 0. The summed E-state index contributed by atoms with van der Waals surface area (Å²) in [6.07, 6.45) is 3.21. The average molecular weight is 298 g/mol. The molecule has 0 unspecified atom stereocenters. The fourth-order valence-electron chi connectivity index (χ4n) is 2.56. The zero-order valence-electron chi connectivity index (χ0n) is 11.8. The van der Waals surface area contributed by atoms with Crippen molar-refractivity contribution in [2.45, 2.75) is 19.8 Å². The van der Waals surface area contributed by atoms with E-state index in [1.54, 1.807) is 4.90 Å². The number of allylic oxidation sites excluding steroid dienone is 1. The summed E-state index contributed by atoms with van der Waals surface area (Å²) >= 11 is 6.06. The van der Waals surface area contributed by atoms with Crippen molar-refractivity contribution in [2.75, 3.05) is 4.90 Å². The first-order chi connectivity index (χ1) is 10.1. The molecular weight excluding hydrogens is 282 g/mol. The Balaban J connectivity index is 2.00. The van der Waals surface area contributed by atoms with Crippen molar-refractivity contribution in [1.82, 2.24) is 0 Å². The third-order valence-corrected chi connectivity index (χ3v) is 3.87. The molecule has 21 heavy (non-hydrogen) atoms. The molecule has 0 saturated heterocycles. The van der Waals surface area contributed by atoms with E-state index in [4.69, 9.17) is 11.6 Å². The topological polar surface area (TPSA) is 20.3 Å². The van der Waals surface area contributed by atoms with Gasteiger partial charge in [-0.2, -0.15) is 0 Å².